The summed E-state index contributed by atoms with van der Waals surface area (Å²) in [6.07, 6.45) is 5.56. The standard InChI is InChI=1S/C23H15N.C22H15N.C20H15N.C19H13N.9Y/c1-24-22-9-5-4-8-20(22)21-13-12-19(15-23(21)24)18-11-10-16-6-2-3-7-17(16)14-18;1-23-14-21(15-7-3-2-4-8-15)20-12-17-11-16-9-5-6-10-18(16)19(17)13-22(20)23;1-21-19-9-5-4-8-16(19)18-11-14-10-13-6-2-3-7-15(13)17(14)12-20(18)21;1-20-18-10-6-5-9-16(18)17-12-11-15(13-19(17)20)14-7-3-2-4-8-14;;;;;;;;;/h2-10,12-14H,1H3;2-7,9-10,12-13H,11H2,1H3;2-9,11-12H,10H2,1H3;2-7,9-12H,1H3;;;;;;;;;/q2*-2;;-2;;;;;;;;;. The molecule has 0 saturated heterocycles. The van der Waals surface area contributed by atoms with Gasteiger partial charge in [0.2, 0.25) is 0 Å². The molecule has 0 bridgehead atoms. The van der Waals surface area contributed by atoms with Gasteiger partial charge in [-0.2, -0.15) is 90.3 Å². The van der Waals surface area contributed by atoms with Crippen LogP contribution < -0.4 is 0 Å². The van der Waals surface area contributed by atoms with Crippen LogP contribution in [0.5, 0.6) is 0 Å². The number of hydrogen-bond acceptors (Lipinski definition) is 0. The molecule has 19 rings (SSSR count). The van der Waals surface area contributed by atoms with Crippen LogP contribution in [-0.2, 0) is 335 Å². The van der Waals surface area contributed by atoms with Gasteiger partial charge in [0.05, 0.1) is 0 Å². The van der Waals surface area contributed by atoms with Gasteiger partial charge in [0.1, 0.15) is 0 Å². The van der Waals surface area contributed by atoms with Crippen LogP contribution in [-0.4, -0.2) is 18.3 Å². The van der Waals surface area contributed by atoms with Gasteiger partial charge in [0.15, 0.2) is 0 Å². The first-order valence-corrected chi connectivity index (χ1v) is 30.1. The fourth-order valence-corrected chi connectivity index (χ4v) is 13.8. The Morgan fingerprint density at radius 1 is 0.278 bits per heavy atom. The van der Waals surface area contributed by atoms with Crippen molar-refractivity contribution in [3.8, 4) is 55.6 Å². The molecule has 97 heavy (non-hydrogen) atoms. The largest absolute Gasteiger partial charge is 0.445 e. The molecule has 0 aliphatic heterocycles. The molecule has 0 amide bonds. The Balaban J connectivity index is 0.000000177. The topological polar surface area (TPSA) is 19.7 Å². The van der Waals surface area contributed by atoms with Gasteiger partial charge in [-0.25, -0.2) is 33.4 Å². The average Bonchev–Trinajstić information content (AvgIpc) is 1.60. The monoisotopic (exact) mass is 1920 g/mol. The third kappa shape index (κ3) is 16.4. The SMILES string of the molecule is Cn1[c-]c(-c2[c-]cccc2)c2cc3c(cc21)-c1ccccc1C3.Cn1c2[c-]c(-c3[c-]cc4ccccc4c3)ccc2c2ccccc21.Cn1c2[c-]c(-c3[c-]cccc3)ccc2c2ccccc21.Cn1c2ccccc2c2cc3c(cc21)-c1ccccc1C3.[Y].[Y].[Y].[Y].[Y].[Y].[Y].[Y].[Y]. The summed E-state index contributed by atoms with van der Waals surface area (Å²) in [6, 6.07) is 107. The summed E-state index contributed by atoms with van der Waals surface area (Å²) in [4.78, 5) is 0. The van der Waals surface area contributed by atoms with Crippen LogP contribution in [0.1, 0.15) is 22.3 Å². The van der Waals surface area contributed by atoms with E-state index in [1.165, 1.54) is 121 Å². The third-order valence-corrected chi connectivity index (χ3v) is 18.2. The second-order valence-electron chi connectivity index (χ2n) is 23.3. The van der Waals surface area contributed by atoms with Crippen LogP contribution in [0.3, 0.4) is 0 Å². The maximum atomic E-state index is 3.60. The van der Waals surface area contributed by atoms with E-state index < -0.39 is 0 Å². The second-order valence-corrected chi connectivity index (χ2v) is 23.3. The van der Waals surface area contributed by atoms with Crippen LogP contribution in [0.2, 0.25) is 0 Å². The number of aryl methyl sites for hydroxylation is 4. The van der Waals surface area contributed by atoms with Crippen molar-refractivity contribution >= 4 is 87.1 Å². The molecule has 0 atom stereocenters. The van der Waals surface area contributed by atoms with Gasteiger partial charge in [0.25, 0.3) is 0 Å². The number of hydrogen-bond donors (Lipinski definition) is 0. The van der Waals surface area contributed by atoms with Crippen LogP contribution in [0.25, 0.3) is 143 Å². The minimum Gasteiger partial charge on any atom is -0.445 e. The molecule has 0 spiro atoms. The maximum absolute atomic E-state index is 3.60. The van der Waals surface area contributed by atoms with E-state index in [9.17, 15) is 0 Å². The number of fused-ring (bicyclic) bond motifs is 17. The van der Waals surface area contributed by atoms with E-state index in [-0.39, 0.29) is 294 Å². The van der Waals surface area contributed by atoms with Gasteiger partial charge in [-0.15, -0.1) is 53.4 Å². The number of para-hydroxylation sites is 3. The molecule has 447 valence electrons. The predicted octanol–water partition coefficient (Wildman–Crippen LogP) is 20.2. The van der Waals surface area contributed by atoms with E-state index in [1.54, 1.807) is 0 Å². The third-order valence-electron chi connectivity index (χ3n) is 18.2. The Bertz CT molecular complexity index is 5600. The van der Waals surface area contributed by atoms with Crippen molar-refractivity contribution in [3.63, 3.8) is 0 Å². The van der Waals surface area contributed by atoms with E-state index in [0.717, 1.165) is 57.3 Å². The van der Waals surface area contributed by atoms with Crippen molar-refractivity contribution < 1.29 is 294 Å². The quantitative estimate of drug-likeness (QED) is 0.157. The van der Waals surface area contributed by atoms with E-state index in [4.69, 9.17) is 0 Å². The van der Waals surface area contributed by atoms with Crippen molar-refractivity contribution in [1.29, 1.82) is 0 Å². The molecule has 9 radical (unpaired) electrons. The van der Waals surface area contributed by atoms with Gasteiger partial charge >= 0.3 is 0 Å². The smallest absolute Gasteiger partial charge is 0.0495 e. The number of benzene rings is 13. The molecular weight excluding hydrogens is 1870 g/mol. The molecule has 2 aliphatic rings. The van der Waals surface area contributed by atoms with Crippen molar-refractivity contribution in [3.05, 3.63) is 314 Å². The first-order chi connectivity index (χ1) is 43.3. The Morgan fingerprint density at radius 2 is 0.711 bits per heavy atom. The molecule has 17 aromatic rings. The Morgan fingerprint density at radius 3 is 1.25 bits per heavy atom. The Hall–Kier alpha value is -1.00. The fourth-order valence-electron chi connectivity index (χ4n) is 13.8. The summed E-state index contributed by atoms with van der Waals surface area (Å²) in [5, 5.41) is 11.5. The molecule has 0 unspecified atom stereocenters. The van der Waals surface area contributed by atoms with E-state index in [1.807, 2.05) is 30.3 Å². The van der Waals surface area contributed by atoms with Crippen molar-refractivity contribution in [2.45, 2.75) is 12.8 Å². The van der Waals surface area contributed by atoms with Gasteiger partial charge < -0.3 is 18.3 Å². The molecule has 13 aromatic carbocycles. The van der Waals surface area contributed by atoms with E-state index in [2.05, 4.69) is 307 Å². The minimum atomic E-state index is 0. The second kappa shape index (κ2) is 36.8. The molecule has 4 aromatic heterocycles. The van der Waals surface area contributed by atoms with Gasteiger partial charge in [-0.05, 0) is 117 Å². The van der Waals surface area contributed by atoms with Gasteiger partial charge in [-0.3, -0.25) is 0 Å². The summed E-state index contributed by atoms with van der Waals surface area (Å²) in [7, 11) is 8.44. The molecule has 0 fully saturated rings. The van der Waals surface area contributed by atoms with E-state index in [0.29, 0.717) is 0 Å². The zero-order chi connectivity index (χ0) is 59.0. The summed E-state index contributed by atoms with van der Waals surface area (Å²) in [5.74, 6) is 0. The molecular formula is C84H58N4Y9-6. The summed E-state index contributed by atoms with van der Waals surface area (Å²) < 4.78 is 8.84. The van der Waals surface area contributed by atoms with Crippen molar-refractivity contribution in [1.82, 2.24) is 18.3 Å². The fraction of sp³-hybridized carbons (Fsp3) is 0.0714. The Labute approximate surface area is 795 Å². The van der Waals surface area contributed by atoms with Crippen molar-refractivity contribution in [2.24, 2.45) is 28.2 Å². The Kier molecular flexibility index (Phi) is 31.6. The summed E-state index contributed by atoms with van der Waals surface area (Å²) in [5.41, 5.74) is 26.5. The first-order valence-electron chi connectivity index (χ1n) is 30.1. The van der Waals surface area contributed by atoms with Gasteiger partial charge in [-0.1, -0.05) is 150 Å². The van der Waals surface area contributed by atoms with Crippen LogP contribution in [0.15, 0.2) is 255 Å². The van der Waals surface area contributed by atoms with Crippen LogP contribution in [0.4, 0.5) is 0 Å². The summed E-state index contributed by atoms with van der Waals surface area (Å²) >= 11 is 0. The first kappa shape index (κ1) is 83.3. The summed E-state index contributed by atoms with van der Waals surface area (Å²) in [6.45, 7) is 0. The maximum Gasteiger partial charge on any atom is 0.0495 e. The van der Waals surface area contributed by atoms with Gasteiger partial charge in [0, 0.05) is 348 Å². The molecule has 0 N–H and O–H groups in total. The minimum absolute atomic E-state index is 0. The molecule has 13 heteroatoms. The predicted molar refractivity (Wildman–Crippen MR) is 368 cm³/mol. The number of rotatable bonds is 3. The normalized spacial score (nSPS) is 10.9. The zero-order valence-electron chi connectivity index (χ0n) is 54.6. The molecule has 0 saturated carbocycles. The zero-order valence-corrected chi connectivity index (χ0v) is 80.2. The van der Waals surface area contributed by atoms with Crippen molar-refractivity contribution in [2.75, 3.05) is 0 Å². The van der Waals surface area contributed by atoms with Crippen LogP contribution in [0, 0.1) is 36.5 Å². The molecule has 4 heterocycles. The average molecular weight is 1920 g/mol. The number of nitrogens with zero attached hydrogens (tertiary/aromatic N) is 4. The van der Waals surface area contributed by atoms with E-state index >= 15 is 0 Å². The van der Waals surface area contributed by atoms with Crippen LogP contribution >= 0.6 is 0 Å². The number of aromatic nitrogens is 4. The molecule has 4 nitrogen and oxygen atoms in total. The molecule has 2 aliphatic carbocycles.